The minimum absolute atomic E-state index is 0.250. The summed E-state index contributed by atoms with van der Waals surface area (Å²) in [4.78, 5) is 10.9. The first-order valence-corrected chi connectivity index (χ1v) is 8.26. The Labute approximate surface area is 125 Å². The molecule has 0 spiro atoms. The van der Waals surface area contributed by atoms with Gasteiger partial charge in [0.05, 0.1) is 16.5 Å². The van der Waals surface area contributed by atoms with E-state index in [-0.39, 0.29) is 10.6 Å². The highest BCUT2D eigenvalue weighted by Crippen LogP contribution is 2.52. The van der Waals surface area contributed by atoms with Crippen LogP contribution in [0.5, 0.6) is 0 Å². The van der Waals surface area contributed by atoms with Crippen molar-refractivity contribution in [3.63, 3.8) is 0 Å². The minimum Gasteiger partial charge on any atom is -0.339 e. The maximum absolute atomic E-state index is 11.1. The van der Waals surface area contributed by atoms with Crippen LogP contribution in [0.1, 0.15) is 37.7 Å². The van der Waals surface area contributed by atoms with E-state index in [0.717, 1.165) is 35.8 Å². The SMILES string of the molecule is O=[N+]([O-])c1ccccc1C[NH2+]C1C2CC3CC(C2)CC1C3. The first kappa shape index (κ1) is 13.3. The number of nitrogens with two attached hydrogens (primary N) is 1. The van der Waals surface area contributed by atoms with Crippen LogP contribution >= 0.6 is 0 Å². The fourth-order valence-electron chi connectivity index (χ4n) is 5.48. The Morgan fingerprint density at radius 2 is 1.67 bits per heavy atom. The van der Waals surface area contributed by atoms with Crippen molar-refractivity contribution < 1.29 is 10.2 Å². The Morgan fingerprint density at radius 1 is 1.05 bits per heavy atom. The molecular weight excluding hydrogens is 264 g/mol. The number of nitro benzene ring substituents is 1. The molecule has 0 radical (unpaired) electrons. The van der Waals surface area contributed by atoms with Gasteiger partial charge in [-0.3, -0.25) is 10.1 Å². The fourth-order valence-corrected chi connectivity index (χ4v) is 5.48. The molecule has 1 aromatic rings. The second kappa shape index (κ2) is 5.09. The van der Waals surface area contributed by atoms with Crippen molar-refractivity contribution in [3.05, 3.63) is 39.9 Å². The van der Waals surface area contributed by atoms with Crippen LogP contribution in [0.3, 0.4) is 0 Å². The van der Waals surface area contributed by atoms with Gasteiger partial charge >= 0.3 is 0 Å². The largest absolute Gasteiger partial charge is 0.339 e. The normalized spacial score (nSPS) is 36.9. The Hall–Kier alpha value is -1.42. The second-order valence-corrected chi connectivity index (χ2v) is 7.33. The zero-order valence-electron chi connectivity index (χ0n) is 12.3. The summed E-state index contributed by atoms with van der Waals surface area (Å²) < 4.78 is 0. The Balaban J connectivity index is 1.47. The molecule has 0 aromatic heterocycles. The molecule has 4 nitrogen and oxygen atoms in total. The lowest BCUT2D eigenvalue weighted by Gasteiger charge is -2.52. The minimum atomic E-state index is -0.250. The summed E-state index contributed by atoms with van der Waals surface area (Å²) in [6.07, 6.45) is 7.11. The van der Waals surface area contributed by atoms with Gasteiger partial charge in [0.2, 0.25) is 0 Å². The van der Waals surface area contributed by atoms with Gasteiger partial charge in [0.15, 0.2) is 0 Å². The Morgan fingerprint density at radius 3 is 2.29 bits per heavy atom. The smallest absolute Gasteiger partial charge is 0.278 e. The predicted molar refractivity (Wildman–Crippen MR) is 79.6 cm³/mol. The second-order valence-electron chi connectivity index (χ2n) is 7.33. The van der Waals surface area contributed by atoms with Gasteiger partial charge in [-0.1, -0.05) is 12.1 Å². The van der Waals surface area contributed by atoms with Crippen LogP contribution in [-0.4, -0.2) is 11.0 Å². The zero-order valence-corrected chi connectivity index (χ0v) is 12.3. The van der Waals surface area contributed by atoms with E-state index in [1.54, 1.807) is 12.1 Å². The van der Waals surface area contributed by atoms with E-state index in [2.05, 4.69) is 5.32 Å². The van der Waals surface area contributed by atoms with Crippen molar-refractivity contribution in [2.45, 2.75) is 44.7 Å². The summed E-state index contributed by atoms with van der Waals surface area (Å²) in [5.41, 5.74) is 1.15. The van der Waals surface area contributed by atoms with Crippen LogP contribution in [0.15, 0.2) is 24.3 Å². The first-order valence-electron chi connectivity index (χ1n) is 8.26. The van der Waals surface area contributed by atoms with Crippen LogP contribution in [-0.2, 0) is 6.54 Å². The maximum atomic E-state index is 11.1. The number of hydrogen-bond donors (Lipinski definition) is 1. The topological polar surface area (TPSA) is 59.8 Å². The first-order chi connectivity index (χ1) is 10.2. The van der Waals surface area contributed by atoms with E-state index in [0.29, 0.717) is 6.04 Å². The molecule has 0 heterocycles. The fraction of sp³-hybridized carbons (Fsp3) is 0.647. The van der Waals surface area contributed by atoms with Crippen LogP contribution in [0, 0.1) is 33.8 Å². The number of rotatable bonds is 4. The van der Waals surface area contributed by atoms with Crippen LogP contribution < -0.4 is 5.32 Å². The highest BCUT2D eigenvalue weighted by molar-refractivity contribution is 5.38. The molecule has 4 aliphatic carbocycles. The summed E-state index contributed by atoms with van der Waals surface area (Å²) in [5, 5.41) is 13.5. The lowest BCUT2D eigenvalue weighted by atomic mass is 9.54. The molecule has 4 saturated carbocycles. The van der Waals surface area contributed by atoms with Gasteiger partial charge in [0.25, 0.3) is 5.69 Å². The third-order valence-corrected chi connectivity index (χ3v) is 6.10. The number of para-hydroxylation sites is 1. The predicted octanol–water partition coefficient (Wildman–Crippen LogP) is 2.48. The highest BCUT2D eigenvalue weighted by Gasteiger charge is 2.50. The van der Waals surface area contributed by atoms with E-state index in [1.807, 2.05) is 12.1 Å². The molecule has 0 atom stereocenters. The zero-order chi connectivity index (χ0) is 14.4. The molecule has 0 aliphatic heterocycles. The maximum Gasteiger partial charge on any atom is 0.278 e. The highest BCUT2D eigenvalue weighted by atomic mass is 16.6. The van der Waals surface area contributed by atoms with Crippen molar-refractivity contribution in [2.75, 3.05) is 0 Å². The Kier molecular flexibility index (Phi) is 3.21. The summed E-state index contributed by atoms with van der Waals surface area (Å²) in [5.74, 6) is 3.71. The van der Waals surface area contributed by atoms with Gasteiger partial charge in [-0.25, -0.2) is 0 Å². The van der Waals surface area contributed by atoms with Gasteiger partial charge in [0, 0.05) is 17.9 Å². The van der Waals surface area contributed by atoms with Crippen LogP contribution in [0.25, 0.3) is 0 Å². The van der Waals surface area contributed by atoms with Gasteiger partial charge in [-0.05, 0) is 50.0 Å². The van der Waals surface area contributed by atoms with Crippen LogP contribution in [0.4, 0.5) is 5.69 Å². The molecule has 1 aromatic carbocycles. The summed E-state index contributed by atoms with van der Waals surface area (Å²) in [6.45, 7) is 0.754. The van der Waals surface area contributed by atoms with E-state index >= 15 is 0 Å². The third-order valence-electron chi connectivity index (χ3n) is 6.10. The monoisotopic (exact) mass is 287 g/mol. The number of quaternary nitrogens is 1. The molecule has 2 N–H and O–H groups in total. The number of nitrogens with zero attached hydrogens (tertiary/aromatic N) is 1. The van der Waals surface area contributed by atoms with E-state index < -0.39 is 0 Å². The lowest BCUT2D eigenvalue weighted by molar-refractivity contribution is -0.723. The molecule has 0 amide bonds. The average Bonchev–Trinajstić information content (AvgIpc) is 2.46. The van der Waals surface area contributed by atoms with Crippen molar-refractivity contribution >= 4 is 5.69 Å². The van der Waals surface area contributed by atoms with Crippen molar-refractivity contribution in [3.8, 4) is 0 Å². The number of hydrogen-bond acceptors (Lipinski definition) is 2. The van der Waals surface area contributed by atoms with Crippen molar-refractivity contribution in [2.24, 2.45) is 23.7 Å². The molecule has 4 fully saturated rings. The molecule has 4 aliphatic rings. The molecule has 0 unspecified atom stereocenters. The average molecular weight is 287 g/mol. The molecule has 112 valence electrons. The number of benzene rings is 1. The van der Waals surface area contributed by atoms with Gasteiger partial charge in [-0.2, -0.15) is 0 Å². The number of nitro groups is 1. The molecule has 21 heavy (non-hydrogen) atoms. The standard InChI is InChI=1S/C17H22N2O2/c20-19(21)16-4-2-1-3-13(16)10-18-17-14-6-11-5-12(8-14)9-15(17)7-11/h1-4,11-12,14-15,17-18H,5-10H2/p+1. The Bertz CT molecular complexity index is 529. The molecule has 4 bridgehead atoms. The van der Waals surface area contributed by atoms with Crippen LogP contribution in [0.2, 0.25) is 0 Å². The van der Waals surface area contributed by atoms with Gasteiger partial charge < -0.3 is 5.32 Å². The van der Waals surface area contributed by atoms with E-state index in [4.69, 9.17) is 0 Å². The van der Waals surface area contributed by atoms with E-state index in [1.165, 1.54) is 32.1 Å². The lowest BCUT2D eigenvalue weighted by Crippen LogP contribution is -2.93. The third kappa shape index (κ3) is 2.35. The summed E-state index contributed by atoms with van der Waals surface area (Å²) >= 11 is 0. The molecule has 4 heteroatoms. The van der Waals surface area contributed by atoms with Gasteiger partial charge in [0.1, 0.15) is 6.54 Å². The van der Waals surface area contributed by atoms with Crippen molar-refractivity contribution in [1.82, 2.24) is 0 Å². The summed E-state index contributed by atoms with van der Waals surface area (Å²) in [6, 6.07) is 7.90. The quantitative estimate of drug-likeness (QED) is 0.683. The van der Waals surface area contributed by atoms with Gasteiger partial charge in [-0.15, -0.1) is 0 Å². The summed E-state index contributed by atoms with van der Waals surface area (Å²) in [7, 11) is 0. The molecular formula is C17H23N2O2+. The molecule has 5 rings (SSSR count). The van der Waals surface area contributed by atoms with E-state index in [9.17, 15) is 10.1 Å². The molecule has 0 saturated heterocycles. The van der Waals surface area contributed by atoms with Crippen molar-refractivity contribution in [1.29, 1.82) is 0 Å².